The van der Waals surface area contributed by atoms with Gasteiger partial charge in [-0.25, -0.2) is 9.78 Å². The highest BCUT2D eigenvalue weighted by molar-refractivity contribution is 5.84. The largest absolute Gasteiger partial charge is 0.475 e. The van der Waals surface area contributed by atoms with Crippen LogP contribution in [0.3, 0.4) is 0 Å². The number of carbonyl (C=O) groups is 1. The molecule has 0 aliphatic heterocycles. The fourth-order valence-corrected chi connectivity index (χ4v) is 1.34. The molecule has 0 radical (unpaired) electrons. The van der Waals surface area contributed by atoms with Crippen LogP contribution in [-0.4, -0.2) is 20.6 Å². The summed E-state index contributed by atoms with van der Waals surface area (Å²) >= 11 is 0. The predicted octanol–water partition coefficient (Wildman–Crippen LogP) is 1.78. The third-order valence-electron chi connectivity index (χ3n) is 2.22. The second kappa shape index (κ2) is 3.61. The maximum atomic E-state index is 10.6. The van der Waals surface area contributed by atoms with Crippen molar-refractivity contribution >= 4 is 5.97 Å². The Kier molecular flexibility index (Phi) is 2.29. The number of carboxylic acids is 1. The van der Waals surface area contributed by atoms with Crippen molar-refractivity contribution < 1.29 is 14.3 Å². The zero-order valence-corrected chi connectivity index (χ0v) is 8.12. The van der Waals surface area contributed by atoms with Gasteiger partial charge in [0.2, 0.25) is 5.76 Å². The summed E-state index contributed by atoms with van der Waals surface area (Å²) < 4.78 is 7.02. The molecule has 0 aromatic carbocycles. The van der Waals surface area contributed by atoms with Crippen LogP contribution >= 0.6 is 0 Å². The van der Waals surface area contributed by atoms with Gasteiger partial charge in [0.25, 0.3) is 0 Å². The van der Waals surface area contributed by atoms with E-state index < -0.39 is 5.97 Å². The lowest BCUT2D eigenvalue weighted by atomic mass is 10.2. The van der Waals surface area contributed by atoms with Crippen molar-refractivity contribution in [2.24, 2.45) is 0 Å². The second-order valence-electron chi connectivity index (χ2n) is 3.19. The van der Waals surface area contributed by atoms with Crippen molar-refractivity contribution in [3.05, 3.63) is 42.4 Å². The van der Waals surface area contributed by atoms with Crippen molar-refractivity contribution in [2.45, 2.75) is 13.0 Å². The molecule has 0 spiro atoms. The summed E-state index contributed by atoms with van der Waals surface area (Å²) in [6.45, 7) is 1.91. The van der Waals surface area contributed by atoms with E-state index in [1.807, 2.05) is 11.5 Å². The number of hydrogen-bond donors (Lipinski definition) is 1. The summed E-state index contributed by atoms with van der Waals surface area (Å²) in [5, 5.41) is 8.70. The van der Waals surface area contributed by atoms with E-state index in [9.17, 15) is 4.79 Å². The molecule has 1 unspecified atom stereocenters. The zero-order valence-electron chi connectivity index (χ0n) is 8.12. The molecule has 2 rings (SSSR count). The minimum atomic E-state index is -1.06. The van der Waals surface area contributed by atoms with Crippen LogP contribution in [0.15, 0.2) is 35.3 Å². The number of furan rings is 1. The highest BCUT2D eigenvalue weighted by Gasteiger charge is 2.14. The Morgan fingerprint density at radius 3 is 2.93 bits per heavy atom. The van der Waals surface area contributed by atoms with Crippen LogP contribution in [0, 0.1) is 0 Å². The van der Waals surface area contributed by atoms with Crippen LogP contribution in [0.4, 0.5) is 0 Å². The van der Waals surface area contributed by atoms with E-state index >= 15 is 0 Å². The van der Waals surface area contributed by atoms with E-state index in [0.717, 1.165) is 0 Å². The van der Waals surface area contributed by atoms with Gasteiger partial charge in [0.15, 0.2) is 0 Å². The van der Waals surface area contributed by atoms with Crippen LogP contribution in [0.25, 0.3) is 0 Å². The molecule has 5 nitrogen and oxygen atoms in total. The molecule has 2 aromatic heterocycles. The van der Waals surface area contributed by atoms with Crippen molar-refractivity contribution in [2.75, 3.05) is 0 Å². The van der Waals surface area contributed by atoms with E-state index in [1.165, 1.54) is 6.07 Å². The van der Waals surface area contributed by atoms with Gasteiger partial charge in [-0.1, -0.05) is 0 Å². The molecule has 0 fully saturated rings. The Hall–Kier alpha value is -2.04. The number of hydrogen-bond acceptors (Lipinski definition) is 3. The number of aromatic nitrogens is 2. The van der Waals surface area contributed by atoms with Gasteiger partial charge in [0.1, 0.15) is 5.76 Å². The van der Waals surface area contributed by atoms with Gasteiger partial charge in [0.05, 0.1) is 12.4 Å². The molecule has 0 saturated heterocycles. The summed E-state index contributed by atoms with van der Waals surface area (Å²) in [7, 11) is 0. The highest BCUT2D eigenvalue weighted by Crippen LogP contribution is 2.19. The first-order chi connectivity index (χ1) is 7.18. The van der Waals surface area contributed by atoms with Gasteiger partial charge in [-0.2, -0.15) is 0 Å². The van der Waals surface area contributed by atoms with Crippen molar-refractivity contribution in [3.63, 3.8) is 0 Å². The van der Waals surface area contributed by atoms with Gasteiger partial charge in [-0.05, 0) is 19.1 Å². The van der Waals surface area contributed by atoms with Crippen molar-refractivity contribution in [1.82, 2.24) is 9.55 Å². The van der Waals surface area contributed by atoms with Crippen LogP contribution in [-0.2, 0) is 0 Å². The normalized spacial score (nSPS) is 12.6. The van der Waals surface area contributed by atoms with E-state index in [4.69, 9.17) is 9.52 Å². The third kappa shape index (κ3) is 1.76. The Morgan fingerprint density at radius 2 is 2.40 bits per heavy atom. The van der Waals surface area contributed by atoms with Crippen molar-refractivity contribution in [1.29, 1.82) is 0 Å². The summed E-state index contributed by atoms with van der Waals surface area (Å²) in [6, 6.07) is 3.06. The molecule has 1 N–H and O–H groups in total. The van der Waals surface area contributed by atoms with Crippen LogP contribution in [0.5, 0.6) is 0 Å². The molecule has 2 aromatic rings. The predicted molar refractivity (Wildman–Crippen MR) is 51.7 cm³/mol. The molecule has 0 bridgehead atoms. The molecule has 1 atom stereocenters. The highest BCUT2D eigenvalue weighted by atomic mass is 16.4. The lowest BCUT2D eigenvalue weighted by molar-refractivity contribution is 0.0659. The van der Waals surface area contributed by atoms with Crippen LogP contribution < -0.4 is 0 Å². The molecule has 0 amide bonds. The minimum Gasteiger partial charge on any atom is -0.475 e. The quantitative estimate of drug-likeness (QED) is 0.831. The Labute approximate surface area is 86.0 Å². The van der Waals surface area contributed by atoms with Gasteiger partial charge in [-0.3, -0.25) is 0 Å². The SMILES string of the molecule is CC(c1ccc(C(=O)O)o1)n1ccnc1. The summed E-state index contributed by atoms with van der Waals surface area (Å²) in [4.78, 5) is 14.5. The zero-order chi connectivity index (χ0) is 10.8. The first-order valence-corrected chi connectivity index (χ1v) is 4.49. The average molecular weight is 206 g/mol. The van der Waals surface area contributed by atoms with E-state index in [0.29, 0.717) is 5.76 Å². The van der Waals surface area contributed by atoms with Crippen LogP contribution in [0.2, 0.25) is 0 Å². The Balaban J connectivity index is 2.26. The average Bonchev–Trinajstić information content (AvgIpc) is 2.88. The smallest absolute Gasteiger partial charge is 0.371 e. The molecular weight excluding hydrogens is 196 g/mol. The molecule has 0 aliphatic carbocycles. The fraction of sp³-hybridized carbons (Fsp3) is 0.200. The molecule has 0 aliphatic rings. The first kappa shape index (κ1) is 9.51. The van der Waals surface area contributed by atoms with Gasteiger partial charge in [-0.15, -0.1) is 0 Å². The van der Waals surface area contributed by atoms with Crippen LogP contribution in [0.1, 0.15) is 29.3 Å². The second-order valence-corrected chi connectivity index (χ2v) is 3.19. The number of rotatable bonds is 3. The van der Waals surface area contributed by atoms with E-state index in [2.05, 4.69) is 4.98 Å². The summed E-state index contributed by atoms with van der Waals surface area (Å²) in [6.07, 6.45) is 5.12. The molecule has 2 heterocycles. The monoisotopic (exact) mass is 206 g/mol. The topological polar surface area (TPSA) is 68.3 Å². The Bertz CT molecular complexity index is 459. The number of carboxylic acid groups (broad SMARTS) is 1. The lowest BCUT2D eigenvalue weighted by Crippen LogP contribution is -2.02. The van der Waals surface area contributed by atoms with Gasteiger partial charge in [0, 0.05) is 12.4 Å². The number of aromatic carboxylic acids is 1. The van der Waals surface area contributed by atoms with E-state index in [1.54, 1.807) is 24.8 Å². The van der Waals surface area contributed by atoms with Gasteiger partial charge >= 0.3 is 5.97 Å². The molecule has 15 heavy (non-hydrogen) atoms. The fourth-order valence-electron chi connectivity index (χ4n) is 1.34. The molecular formula is C10H10N2O3. The summed E-state index contributed by atoms with van der Waals surface area (Å²) in [5.41, 5.74) is 0. The standard InChI is InChI=1S/C10H10N2O3/c1-7(12-5-4-11-6-12)8-2-3-9(15-8)10(13)14/h2-7H,1H3,(H,13,14). The number of nitrogens with zero attached hydrogens (tertiary/aromatic N) is 2. The lowest BCUT2D eigenvalue weighted by Gasteiger charge is -2.08. The maximum Gasteiger partial charge on any atom is 0.371 e. The van der Waals surface area contributed by atoms with Gasteiger partial charge < -0.3 is 14.1 Å². The Morgan fingerprint density at radius 1 is 1.60 bits per heavy atom. The minimum absolute atomic E-state index is 0.0445. The summed E-state index contributed by atoms with van der Waals surface area (Å²) in [5.74, 6) is -0.499. The molecule has 0 saturated carbocycles. The first-order valence-electron chi connectivity index (χ1n) is 4.49. The van der Waals surface area contributed by atoms with E-state index in [-0.39, 0.29) is 11.8 Å². The van der Waals surface area contributed by atoms with Crippen molar-refractivity contribution in [3.8, 4) is 0 Å². The number of imidazole rings is 1. The molecule has 5 heteroatoms. The third-order valence-corrected chi connectivity index (χ3v) is 2.22. The molecule has 78 valence electrons. The maximum absolute atomic E-state index is 10.6.